The van der Waals surface area contributed by atoms with Crippen LogP contribution in [0.15, 0.2) is 23.1 Å². The molecule has 2 aromatic heterocycles. The molecule has 0 aliphatic rings. The first-order valence-corrected chi connectivity index (χ1v) is 4.33. The maximum absolute atomic E-state index is 10.8. The number of hydrogen-bond acceptors (Lipinski definition) is 4. The summed E-state index contributed by atoms with van der Waals surface area (Å²) in [4.78, 5) is 14.8. The van der Waals surface area contributed by atoms with Gasteiger partial charge in [0.15, 0.2) is 5.76 Å². The van der Waals surface area contributed by atoms with Gasteiger partial charge in [0.1, 0.15) is 11.4 Å². The molecule has 0 amide bonds. The van der Waals surface area contributed by atoms with Gasteiger partial charge in [0.25, 0.3) is 0 Å². The third kappa shape index (κ3) is 1.74. The number of imidazole rings is 1. The normalized spacial score (nSPS) is 10.5. The number of carbonyl (C=O) groups is 1. The molecule has 0 aliphatic heterocycles. The van der Waals surface area contributed by atoms with Crippen molar-refractivity contribution in [2.24, 2.45) is 0 Å². The van der Waals surface area contributed by atoms with Crippen molar-refractivity contribution in [2.45, 2.75) is 13.5 Å². The van der Waals surface area contributed by atoms with E-state index in [-0.39, 0.29) is 5.56 Å². The van der Waals surface area contributed by atoms with Crippen molar-refractivity contribution in [3.05, 3.63) is 35.7 Å². The molecule has 0 aromatic carbocycles. The van der Waals surface area contributed by atoms with E-state index in [4.69, 9.17) is 9.63 Å². The molecule has 0 unspecified atom stereocenters. The van der Waals surface area contributed by atoms with Gasteiger partial charge in [-0.3, -0.25) is 0 Å². The van der Waals surface area contributed by atoms with Crippen molar-refractivity contribution in [2.75, 3.05) is 0 Å². The molecule has 0 aliphatic carbocycles. The Labute approximate surface area is 85.1 Å². The first kappa shape index (κ1) is 9.45. The Hall–Kier alpha value is -2.11. The highest BCUT2D eigenvalue weighted by Gasteiger charge is 2.15. The van der Waals surface area contributed by atoms with Gasteiger partial charge in [-0.1, -0.05) is 5.16 Å². The summed E-state index contributed by atoms with van der Waals surface area (Å²) in [6, 6.07) is 0. The van der Waals surface area contributed by atoms with Gasteiger partial charge in [-0.2, -0.15) is 0 Å². The summed E-state index contributed by atoms with van der Waals surface area (Å²) in [5.41, 5.74) is 0.0862. The van der Waals surface area contributed by atoms with Crippen LogP contribution in [-0.4, -0.2) is 25.8 Å². The second-order valence-electron chi connectivity index (χ2n) is 3.07. The summed E-state index contributed by atoms with van der Waals surface area (Å²) in [6.45, 7) is 2.16. The van der Waals surface area contributed by atoms with E-state index >= 15 is 0 Å². The van der Waals surface area contributed by atoms with E-state index in [0.717, 1.165) is 5.82 Å². The van der Waals surface area contributed by atoms with Crippen molar-refractivity contribution >= 4 is 5.97 Å². The molecule has 2 aromatic rings. The quantitative estimate of drug-likeness (QED) is 0.809. The zero-order chi connectivity index (χ0) is 10.8. The average Bonchev–Trinajstić information content (AvgIpc) is 2.77. The van der Waals surface area contributed by atoms with Gasteiger partial charge in [-0.25, -0.2) is 9.78 Å². The van der Waals surface area contributed by atoms with E-state index in [9.17, 15) is 4.79 Å². The molecular formula is C9H9N3O3. The number of aromatic carboxylic acids is 1. The number of aryl methyl sites for hydroxylation is 1. The minimum atomic E-state index is -1.04. The van der Waals surface area contributed by atoms with Crippen LogP contribution in [0.2, 0.25) is 0 Å². The van der Waals surface area contributed by atoms with Crippen molar-refractivity contribution in [1.29, 1.82) is 0 Å². The summed E-state index contributed by atoms with van der Waals surface area (Å²) in [5, 5.41) is 12.3. The topological polar surface area (TPSA) is 81.2 Å². The fourth-order valence-corrected chi connectivity index (χ4v) is 1.28. The second kappa shape index (κ2) is 3.56. The molecule has 0 saturated carbocycles. The third-order valence-corrected chi connectivity index (χ3v) is 2.11. The standard InChI is InChI=1S/C9H9N3O3/c1-6-10-2-3-12(6)5-8-7(9(13)14)4-11-15-8/h2-4H,5H2,1H3,(H,13,14). The molecule has 0 bridgehead atoms. The number of hydrogen-bond donors (Lipinski definition) is 1. The Bertz CT molecular complexity index is 486. The van der Waals surface area contributed by atoms with Crippen LogP contribution >= 0.6 is 0 Å². The SMILES string of the molecule is Cc1nccn1Cc1oncc1C(=O)O. The number of carboxylic acids is 1. The Morgan fingerprint density at radius 3 is 3.07 bits per heavy atom. The maximum atomic E-state index is 10.8. The largest absolute Gasteiger partial charge is 0.478 e. The van der Waals surface area contributed by atoms with Crippen molar-refractivity contribution < 1.29 is 14.4 Å². The zero-order valence-corrected chi connectivity index (χ0v) is 8.04. The van der Waals surface area contributed by atoms with Crippen molar-refractivity contribution in [1.82, 2.24) is 14.7 Å². The molecule has 0 fully saturated rings. The number of nitrogens with zero attached hydrogens (tertiary/aromatic N) is 3. The second-order valence-corrected chi connectivity index (χ2v) is 3.07. The minimum Gasteiger partial charge on any atom is -0.478 e. The van der Waals surface area contributed by atoms with Crippen LogP contribution in [0, 0.1) is 6.92 Å². The molecule has 78 valence electrons. The zero-order valence-electron chi connectivity index (χ0n) is 8.04. The molecule has 1 N–H and O–H groups in total. The number of carboxylic acid groups (broad SMARTS) is 1. The van der Waals surface area contributed by atoms with E-state index in [0.29, 0.717) is 12.3 Å². The Balaban J connectivity index is 2.28. The van der Waals surface area contributed by atoms with E-state index in [2.05, 4.69) is 10.1 Å². The lowest BCUT2D eigenvalue weighted by molar-refractivity contribution is 0.0694. The molecule has 0 radical (unpaired) electrons. The fourth-order valence-electron chi connectivity index (χ4n) is 1.28. The number of aromatic nitrogens is 3. The lowest BCUT2D eigenvalue weighted by Gasteiger charge is -2.01. The highest BCUT2D eigenvalue weighted by molar-refractivity contribution is 5.88. The van der Waals surface area contributed by atoms with Crippen LogP contribution in [-0.2, 0) is 6.54 Å². The predicted octanol–water partition coefficient (Wildman–Crippen LogP) is 0.926. The molecule has 6 nitrogen and oxygen atoms in total. The molecule has 15 heavy (non-hydrogen) atoms. The molecule has 0 atom stereocenters. The highest BCUT2D eigenvalue weighted by atomic mass is 16.5. The van der Waals surface area contributed by atoms with Crippen molar-refractivity contribution in [3.8, 4) is 0 Å². The van der Waals surface area contributed by atoms with Gasteiger partial charge < -0.3 is 14.2 Å². The van der Waals surface area contributed by atoms with Crippen LogP contribution in [0.3, 0.4) is 0 Å². The molecule has 0 spiro atoms. The molecule has 2 heterocycles. The molecule has 2 rings (SSSR count). The summed E-state index contributed by atoms with van der Waals surface area (Å²) in [5.74, 6) is 0.0790. The van der Waals surface area contributed by atoms with Gasteiger partial charge in [0, 0.05) is 12.4 Å². The van der Waals surface area contributed by atoms with Crippen LogP contribution in [0.5, 0.6) is 0 Å². The minimum absolute atomic E-state index is 0.0862. The summed E-state index contributed by atoms with van der Waals surface area (Å²) in [7, 11) is 0. The highest BCUT2D eigenvalue weighted by Crippen LogP contribution is 2.10. The van der Waals surface area contributed by atoms with Crippen LogP contribution in [0.25, 0.3) is 0 Å². The van der Waals surface area contributed by atoms with Crippen LogP contribution < -0.4 is 0 Å². The summed E-state index contributed by atoms with van der Waals surface area (Å²) < 4.78 is 6.66. The van der Waals surface area contributed by atoms with Crippen molar-refractivity contribution in [3.63, 3.8) is 0 Å². The Kier molecular flexibility index (Phi) is 2.24. The lowest BCUT2D eigenvalue weighted by Crippen LogP contribution is -2.05. The van der Waals surface area contributed by atoms with Gasteiger partial charge >= 0.3 is 5.97 Å². The smallest absolute Gasteiger partial charge is 0.341 e. The van der Waals surface area contributed by atoms with E-state index < -0.39 is 5.97 Å². The molecule has 6 heteroatoms. The summed E-state index contributed by atoms with van der Waals surface area (Å²) >= 11 is 0. The predicted molar refractivity (Wildman–Crippen MR) is 49.5 cm³/mol. The first-order valence-electron chi connectivity index (χ1n) is 4.33. The van der Waals surface area contributed by atoms with E-state index in [1.807, 2.05) is 6.92 Å². The molecular weight excluding hydrogens is 198 g/mol. The van der Waals surface area contributed by atoms with Gasteiger partial charge in [-0.05, 0) is 6.92 Å². The van der Waals surface area contributed by atoms with Crippen LogP contribution in [0.1, 0.15) is 21.9 Å². The number of rotatable bonds is 3. The van der Waals surface area contributed by atoms with Crippen LogP contribution in [0.4, 0.5) is 0 Å². The van der Waals surface area contributed by atoms with Gasteiger partial charge in [-0.15, -0.1) is 0 Å². The monoisotopic (exact) mass is 207 g/mol. The van der Waals surface area contributed by atoms with E-state index in [1.165, 1.54) is 6.20 Å². The first-order chi connectivity index (χ1) is 7.18. The fraction of sp³-hybridized carbons (Fsp3) is 0.222. The van der Waals surface area contributed by atoms with Gasteiger partial charge in [0.05, 0.1) is 12.7 Å². The Morgan fingerprint density at radius 2 is 2.47 bits per heavy atom. The lowest BCUT2D eigenvalue weighted by atomic mass is 10.2. The maximum Gasteiger partial charge on any atom is 0.341 e. The van der Waals surface area contributed by atoms with Gasteiger partial charge in [0.2, 0.25) is 0 Å². The van der Waals surface area contributed by atoms with E-state index in [1.54, 1.807) is 17.0 Å². The third-order valence-electron chi connectivity index (χ3n) is 2.11. The average molecular weight is 207 g/mol. The summed E-state index contributed by atoms with van der Waals surface area (Å²) in [6.07, 6.45) is 4.60. The molecule has 0 saturated heterocycles. The Morgan fingerprint density at radius 1 is 1.67 bits per heavy atom.